The molecule has 0 atom stereocenters. The highest BCUT2D eigenvalue weighted by Gasteiger charge is 2.22. The molecule has 0 unspecified atom stereocenters. The molecule has 26 heavy (non-hydrogen) atoms. The highest BCUT2D eigenvalue weighted by Crippen LogP contribution is 2.33. The van der Waals surface area contributed by atoms with Crippen LogP contribution in [-0.4, -0.2) is 32.7 Å². The summed E-state index contributed by atoms with van der Waals surface area (Å²) in [7, 11) is -1.61. The zero-order valence-corrected chi connectivity index (χ0v) is 16.3. The van der Waals surface area contributed by atoms with Crippen LogP contribution in [0.3, 0.4) is 0 Å². The number of carbonyl (C=O) groups is 1. The van der Waals surface area contributed by atoms with Crippen molar-refractivity contribution in [1.82, 2.24) is 9.03 Å². The average Bonchev–Trinajstić information content (AvgIpc) is 2.53. The number of benzene rings is 2. The molecule has 0 aliphatic heterocycles. The lowest BCUT2D eigenvalue weighted by Gasteiger charge is -2.14. The van der Waals surface area contributed by atoms with E-state index in [9.17, 15) is 17.6 Å². The normalized spacial score (nSPS) is 11.5. The molecular formula is C16H15Cl2FN2O4S. The smallest absolute Gasteiger partial charge is 0.303 e. The van der Waals surface area contributed by atoms with E-state index in [1.165, 1.54) is 20.2 Å². The van der Waals surface area contributed by atoms with Crippen molar-refractivity contribution < 1.29 is 22.3 Å². The number of nitrogens with one attached hydrogen (secondary N) is 1. The molecule has 2 aromatic rings. The quantitative estimate of drug-likeness (QED) is 0.798. The number of halogens is 3. The molecule has 2 aromatic carbocycles. The number of ether oxygens (including phenoxy) is 1. The number of carbonyl (C=O) groups excluding carboxylic acids is 1. The van der Waals surface area contributed by atoms with E-state index < -0.39 is 27.5 Å². The fraction of sp³-hybridized carbons (Fsp3) is 0.188. The molecule has 140 valence electrons. The third-order valence-corrected chi connectivity index (χ3v) is 5.45. The maximum absolute atomic E-state index is 14.3. The predicted octanol–water partition coefficient (Wildman–Crippen LogP) is 3.77. The molecule has 0 aliphatic carbocycles. The van der Waals surface area contributed by atoms with Gasteiger partial charge < -0.3 is 4.74 Å². The van der Waals surface area contributed by atoms with Gasteiger partial charge in [-0.1, -0.05) is 29.3 Å². The molecule has 0 bridgehead atoms. The highest BCUT2D eigenvalue weighted by atomic mass is 35.5. The van der Waals surface area contributed by atoms with Crippen LogP contribution in [0.2, 0.25) is 10.0 Å². The van der Waals surface area contributed by atoms with Crippen molar-refractivity contribution in [3.8, 4) is 11.5 Å². The Labute approximate surface area is 160 Å². The number of rotatable bonds is 5. The summed E-state index contributed by atoms with van der Waals surface area (Å²) in [4.78, 5) is 12.0. The van der Waals surface area contributed by atoms with Crippen molar-refractivity contribution in [2.75, 3.05) is 14.1 Å². The SMILES string of the molecule is Cc1ccc(Oc2cc(F)c(C(=O)NS(=O)(=O)N(C)C)cc2Cl)cc1Cl. The molecule has 10 heteroatoms. The van der Waals surface area contributed by atoms with E-state index in [-0.39, 0.29) is 10.8 Å². The number of amides is 1. The predicted molar refractivity (Wildman–Crippen MR) is 97.7 cm³/mol. The number of hydrogen-bond acceptors (Lipinski definition) is 4. The standard InChI is InChI=1S/C16H15Cl2FN2O4S/c1-9-4-5-10(6-12(9)17)25-15-8-14(19)11(7-13(15)18)16(22)20-26(23,24)21(2)3/h4-8H,1-3H3,(H,20,22). The van der Waals surface area contributed by atoms with Crippen LogP contribution >= 0.6 is 23.2 Å². The van der Waals surface area contributed by atoms with Crippen LogP contribution in [0.1, 0.15) is 15.9 Å². The molecule has 6 nitrogen and oxygen atoms in total. The lowest BCUT2D eigenvalue weighted by Crippen LogP contribution is -2.39. The topological polar surface area (TPSA) is 75.7 Å². The van der Waals surface area contributed by atoms with E-state index in [0.29, 0.717) is 10.8 Å². The average molecular weight is 421 g/mol. The molecule has 0 saturated heterocycles. The van der Waals surface area contributed by atoms with Gasteiger partial charge in [0, 0.05) is 25.2 Å². The first kappa shape index (κ1) is 20.4. The molecule has 2 rings (SSSR count). The van der Waals surface area contributed by atoms with Crippen molar-refractivity contribution >= 4 is 39.3 Å². The van der Waals surface area contributed by atoms with Gasteiger partial charge >= 0.3 is 10.2 Å². The van der Waals surface area contributed by atoms with Gasteiger partial charge in [-0.3, -0.25) is 4.79 Å². The van der Waals surface area contributed by atoms with Crippen LogP contribution in [0.4, 0.5) is 4.39 Å². The molecule has 1 amide bonds. The Morgan fingerprint density at radius 3 is 2.38 bits per heavy atom. The number of hydrogen-bond donors (Lipinski definition) is 1. The van der Waals surface area contributed by atoms with Crippen LogP contribution in [0.25, 0.3) is 0 Å². The Bertz CT molecular complexity index is 965. The van der Waals surface area contributed by atoms with Gasteiger partial charge in [0.05, 0.1) is 10.6 Å². The molecule has 0 fully saturated rings. The third-order valence-electron chi connectivity index (χ3n) is 3.34. The molecule has 1 N–H and O–H groups in total. The Morgan fingerprint density at radius 2 is 1.81 bits per heavy atom. The molecule has 0 saturated carbocycles. The maximum Gasteiger partial charge on any atom is 0.303 e. The summed E-state index contributed by atoms with van der Waals surface area (Å²) in [6.45, 7) is 1.81. The summed E-state index contributed by atoms with van der Waals surface area (Å²) in [5.41, 5.74) is 0.306. The summed E-state index contributed by atoms with van der Waals surface area (Å²) in [6.07, 6.45) is 0. The van der Waals surface area contributed by atoms with E-state index >= 15 is 0 Å². The minimum absolute atomic E-state index is 0.0453. The lowest BCUT2D eigenvalue weighted by molar-refractivity contribution is 0.0976. The zero-order chi connectivity index (χ0) is 19.6. The highest BCUT2D eigenvalue weighted by molar-refractivity contribution is 7.87. The Kier molecular flexibility index (Phi) is 6.13. The van der Waals surface area contributed by atoms with Gasteiger partial charge in [-0.2, -0.15) is 12.7 Å². The van der Waals surface area contributed by atoms with Crippen LogP contribution in [-0.2, 0) is 10.2 Å². The third kappa shape index (κ3) is 4.64. The lowest BCUT2D eigenvalue weighted by atomic mass is 10.2. The van der Waals surface area contributed by atoms with Gasteiger partial charge in [0.15, 0.2) is 0 Å². The minimum atomic E-state index is -4.06. The largest absolute Gasteiger partial charge is 0.456 e. The Hall–Kier alpha value is -1.87. The van der Waals surface area contributed by atoms with Crippen molar-refractivity contribution in [3.05, 3.63) is 57.3 Å². The second-order valence-corrected chi connectivity index (χ2v) is 8.19. The fourth-order valence-electron chi connectivity index (χ4n) is 1.81. The van der Waals surface area contributed by atoms with Gasteiger partial charge in [0.2, 0.25) is 0 Å². The summed E-state index contributed by atoms with van der Waals surface area (Å²) in [5.74, 6) is -1.86. The minimum Gasteiger partial charge on any atom is -0.456 e. The van der Waals surface area contributed by atoms with Crippen molar-refractivity contribution in [1.29, 1.82) is 0 Å². The second-order valence-electron chi connectivity index (χ2n) is 5.49. The summed E-state index contributed by atoms with van der Waals surface area (Å²) in [5, 5.41) is 0.388. The number of aryl methyl sites for hydroxylation is 1. The van der Waals surface area contributed by atoms with Crippen LogP contribution < -0.4 is 9.46 Å². The Morgan fingerprint density at radius 1 is 1.15 bits per heavy atom. The van der Waals surface area contributed by atoms with Crippen LogP contribution in [0.5, 0.6) is 11.5 Å². The van der Waals surface area contributed by atoms with Crippen molar-refractivity contribution in [2.24, 2.45) is 0 Å². The first-order chi connectivity index (χ1) is 12.0. The monoisotopic (exact) mass is 420 g/mol. The summed E-state index contributed by atoms with van der Waals surface area (Å²) >= 11 is 12.0. The first-order valence-corrected chi connectivity index (χ1v) is 9.38. The van der Waals surface area contributed by atoms with Gasteiger partial charge in [0.25, 0.3) is 5.91 Å². The van der Waals surface area contributed by atoms with E-state index in [2.05, 4.69) is 0 Å². The molecule has 0 aromatic heterocycles. The maximum atomic E-state index is 14.3. The first-order valence-electron chi connectivity index (χ1n) is 7.19. The van der Waals surface area contributed by atoms with Gasteiger partial charge in [-0.05, 0) is 30.7 Å². The Balaban J connectivity index is 2.30. The van der Waals surface area contributed by atoms with Crippen LogP contribution in [0, 0.1) is 12.7 Å². The van der Waals surface area contributed by atoms with Crippen LogP contribution in [0.15, 0.2) is 30.3 Å². The molecule has 0 spiro atoms. The van der Waals surface area contributed by atoms with Crippen molar-refractivity contribution in [2.45, 2.75) is 6.92 Å². The van der Waals surface area contributed by atoms with Gasteiger partial charge in [-0.25, -0.2) is 9.11 Å². The van der Waals surface area contributed by atoms with Gasteiger partial charge in [0.1, 0.15) is 17.3 Å². The fourth-order valence-corrected chi connectivity index (χ4v) is 2.71. The summed E-state index contributed by atoms with van der Waals surface area (Å²) in [6, 6.07) is 6.76. The van der Waals surface area contributed by atoms with E-state index in [1.807, 2.05) is 6.92 Å². The van der Waals surface area contributed by atoms with Crippen molar-refractivity contribution in [3.63, 3.8) is 0 Å². The van der Waals surface area contributed by atoms with E-state index in [0.717, 1.165) is 22.0 Å². The molecular weight excluding hydrogens is 406 g/mol. The molecule has 0 aliphatic rings. The number of nitrogens with zero attached hydrogens (tertiary/aromatic N) is 1. The second kappa shape index (κ2) is 7.79. The molecule has 0 radical (unpaired) electrons. The van der Waals surface area contributed by atoms with Gasteiger partial charge in [-0.15, -0.1) is 0 Å². The van der Waals surface area contributed by atoms with E-state index in [4.69, 9.17) is 27.9 Å². The van der Waals surface area contributed by atoms with E-state index in [1.54, 1.807) is 16.9 Å². The zero-order valence-electron chi connectivity index (χ0n) is 14.0. The molecule has 0 heterocycles. The summed E-state index contributed by atoms with van der Waals surface area (Å²) < 4.78 is 45.6.